The minimum Gasteiger partial charge on any atom is -0.475 e. The number of aromatic carboxylic acids is 1. The third-order valence-electron chi connectivity index (χ3n) is 3.55. The Morgan fingerprint density at radius 1 is 1.39 bits per heavy atom. The highest BCUT2D eigenvalue weighted by Gasteiger charge is 2.25. The Hall–Kier alpha value is -1.29. The van der Waals surface area contributed by atoms with Crippen molar-refractivity contribution in [1.29, 1.82) is 0 Å². The summed E-state index contributed by atoms with van der Waals surface area (Å²) < 4.78 is 10.8. The summed E-state index contributed by atoms with van der Waals surface area (Å²) in [6, 6.07) is 1.67. The highest BCUT2D eigenvalue weighted by molar-refractivity contribution is 5.85. The van der Waals surface area contributed by atoms with Crippen molar-refractivity contribution in [2.24, 2.45) is 11.8 Å². The molecular weight excluding hydrogens is 232 g/mol. The van der Waals surface area contributed by atoms with Crippen molar-refractivity contribution in [2.45, 2.75) is 45.8 Å². The first-order chi connectivity index (χ1) is 8.56. The zero-order valence-corrected chi connectivity index (χ0v) is 10.9. The molecule has 2 unspecified atom stereocenters. The molecule has 1 saturated carbocycles. The fraction of sp³-hybridized carbons (Fsp3) is 0.643. The first-order valence-electron chi connectivity index (χ1n) is 6.47. The molecule has 4 nitrogen and oxygen atoms in total. The van der Waals surface area contributed by atoms with Crippen molar-refractivity contribution < 1.29 is 19.1 Å². The molecule has 0 bridgehead atoms. The summed E-state index contributed by atoms with van der Waals surface area (Å²) in [7, 11) is 0. The predicted molar refractivity (Wildman–Crippen MR) is 66.4 cm³/mol. The smallest absolute Gasteiger partial charge is 0.372 e. The molecule has 1 aliphatic rings. The van der Waals surface area contributed by atoms with Crippen molar-refractivity contribution >= 4 is 5.97 Å². The van der Waals surface area contributed by atoms with Crippen LogP contribution < -0.4 is 0 Å². The van der Waals surface area contributed by atoms with Crippen LogP contribution in [-0.2, 0) is 11.3 Å². The van der Waals surface area contributed by atoms with Gasteiger partial charge in [-0.05, 0) is 37.2 Å². The first-order valence-corrected chi connectivity index (χ1v) is 6.47. The van der Waals surface area contributed by atoms with E-state index in [0.29, 0.717) is 24.0 Å². The van der Waals surface area contributed by atoms with Crippen molar-refractivity contribution in [1.82, 2.24) is 0 Å². The zero-order chi connectivity index (χ0) is 13.1. The Morgan fingerprint density at radius 3 is 2.67 bits per heavy atom. The molecule has 0 aromatic carbocycles. The molecule has 1 aromatic rings. The summed E-state index contributed by atoms with van der Waals surface area (Å²) >= 11 is 0. The lowest BCUT2D eigenvalue weighted by Crippen LogP contribution is -2.26. The lowest BCUT2D eigenvalue weighted by molar-refractivity contribution is -0.00985. The summed E-state index contributed by atoms with van der Waals surface area (Å²) in [5.41, 5.74) is 0.619. The van der Waals surface area contributed by atoms with Crippen LogP contribution in [0.1, 0.15) is 49.2 Å². The summed E-state index contributed by atoms with van der Waals surface area (Å²) in [6.07, 6.45) is 5.01. The van der Waals surface area contributed by atoms with E-state index in [4.69, 9.17) is 14.3 Å². The molecule has 0 saturated heterocycles. The molecule has 2 rings (SSSR count). The minimum atomic E-state index is -1.04. The van der Waals surface area contributed by atoms with Crippen molar-refractivity contribution in [3.8, 4) is 0 Å². The Labute approximate surface area is 107 Å². The Kier molecular flexibility index (Phi) is 4.07. The van der Waals surface area contributed by atoms with E-state index in [9.17, 15) is 4.79 Å². The molecule has 0 spiro atoms. The van der Waals surface area contributed by atoms with Crippen LogP contribution in [-0.4, -0.2) is 17.2 Å². The van der Waals surface area contributed by atoms with E-state index >= 15 is 0 Å². The first kappa shape index (κ1) is 13.1. The monoisotopic (exact) mass is 252 g/mol. The van der Waals surface area contributed by atoms with Crippen LogP contribution in [0.4, 0.5) is 0 Å². The largest absolute Gasteiger partial charge is 0.475 e. The van der Waals surface area contributed by atoms with Crippen LogP contribution in [0, 0.1) is 11.8 Å². The quantitative estimate of drug-likeness (QED) is 0.893. The van der Waals surface area contributed by atoms with Crippen molar-refractivity contribution in [3.63, 3.8) is 0 Å². The third-order valence-corrected chi connectivity index (χ3v) is 3.55. The summed E-state index contributed by atoms with van der Waals surface area (Å²) in [6.45, 7) is 4.81. The normalized spacial score (nSPS) is 28.2. The van der Waals surface area contributed by atoms with Gasteiger partial charge in [-0.3, -0.25) is 0 Å². The van der Waals surface area contributed by atoms with Gasteiger partial charge in [0.2, 0.25) is 5.76 Å². The second-order valence-corrected chi connectivity index (χ2v) is 5.43. The lowest BCUT2D eigenvalue weighted by atomic mass is 9.82. The maximum Gasteiger partial charge on any atom is 0.372 e. The van der Waals surface area contributed by atoms with Crippen molar-refractivity contribution in [3.05, 3.63) is 23.7 Å². The van der Waals surface area contributed by atoms with E-state index in [0.717, 1.165) is 12.8 Å². The maximum absolute atomic E-state index is 10.9. The van der Waals surface area contributed by atoms with Gasteiger partial charge >= 0.3 is 5.97 Å². The van der Waals surface area contributed by atoms with Gasteiger partial charge in [-0.25, -0.2) is 4.79 Å². The second kappa shape index (κ2) is 5.57. The number of carboxylic acid groups (broad SMARTS) is 1. The van der Waals surface area contributed by atoms with E-state index in [1.54, 1.807) is 6.07 Å². The fourth-order valence-electron chi connectivity index (χ4n) is 2.85. The number of rotatable bonds is 4. The molecule has 0 aliphatic heterocycles. The van der Waals surface area contributed by atoms with Gasteiger partial charge in [0, 0.05) is 5.56 Å². The minimum absolute atomic E-state index is 0.00749. The highest BCUT2D eigenvalue weighted by Crippen LogP contribution is 2.31. The molecule has 1 aromatic heterocycles. The molecule has 2 atom stereocenters. The SMILES string of the molecule is CC1CC(C)CC(OCc2ccoc2C(=O)O)C1. The lowest BCUT2D eigenvalue weighted by Gasteiger charge is -2.31. The highest BCUT2D eigenvalue weighted by atomic mass is 16.5. The van der Waals surface area contributed by atoms with Gasteiger partial charge in [-0.2, -0.15) is 0 Å². The Bertz CT molecular complexity index is 400. The van der Waals surface area contributed by atoms with E-state index in [1.807, 2.05) is 0 Å². The maximum atomic E-state index is 10.9. The summed E-state index contributed by atoms with van der Waals surface area (Å²) in [5, 5.41) is 8.93. The van der Waals surface area contributed by atoms with Crippen molar-refractivity contribution in [2.75, 3.05) is 0 Å². The average molecular weight is 252 g/mol. The van der Waals surface area contributed by atoms with Crippen LogP contribution in [0.3, 0.4) is 0 Å². The second-order valence-electron chi connectivity index (χ2n) is 5.43. The molecular formula is C14H20O4. The molecule has 4 heteroatoms. The molecule has 18 heavy (non-hydrogen) atoms. The van der Waals surface area contributed by atoms with Crippen LogP contribution >= 0.6 is 0 Å². The predicted octanol–water partition coefficient (Wildman–Crippen LogP) is 3.32. The Balaban J connectivity index is 1.91. The van der Waals surface area contributed by atoms with Gasteiger partial charge in [0.1, 0.15) is 0 Å². The van der Waals surface area contributed by atoms with Crippen LogP contribution in [0.2, 0.25) is 0 Å². The molecule has 1 aliphatic carbocycles. The van der Waals surface area contributed by atoms with E-state index in [2.05, 4.69) is 13.8 Å². The molecule has 1 N–H and O–H groups in total. The van der Waals surface area contributed by atoms with Gasteiger partial charge in [-0.15, -0.1) is 0 Å². The number of hydrogen-bond acceptors (Lipinski definition) is 3. The van der Waals surface area contributed by atoms with Crippen LogP contribution in [0.15, 0.2) is 16.7 Å². The van der Waals surface area contributed by atoms with Crippen LogP contribution in [0.5, 0.6) is 0 Å². The number of carboxylic acids is 1. The van der Waals surface area contributed by atoms with Gasteiger partial charge in [-0.1, -0.05) is 13.8 Å². The topological polar surface area (TPSA) is 59.7 Å². The molecule has 1 fully saturated rings. The Morgan fingerprint density at radius 2 is 2.06 bits per heavy atom. The average Bonchev–Trinajstić information content (AvgIpc) is 2.73. The third kappa shape index (κ3) is 3.13. The zero-order valence-electron chi connectivity index (χ0n) is 10.9. The number of furan rings is 1. The van der Waals surface area contributed by atoms with E-state index in [-0.39, 0.29) is 11.9 Å². The molecule has 0 amide bonds. The molecule has 100 valence electrons. The van der Waals surface area contributed by atoms with Gasteiger partial charge < -0.3 is 14.3 Å². The standard InChI is InChI=1S/C14H20O4/c1-9-5-10(2)7-12(6-9)18-8-11-3-4-17-13(11)14(15)16/h3-4,9-10,12H,5-8H2,1-2H3,(H,15,16). The number of hydrogen-bond donors (Lipinski definition) is 1. The van der Waals surface area contributed by atoms with E-state index in [1.165, 1.54) is 12.7 Å². The molecule has 0 radical (unpaired) electrons. The van der Waals surface area contributed by atoms with Gasteiger partial charge in [0.25, 0.3) is 0 Å². The van der Waals surface area contributed by atoms with Gasteiger partial charge in [0.05, 0.1) is 19.0 Å². The summed E-state index contributed by atoms with van der Waals surface area (Å²) in [4.78, 5) is 10.9. The molecule has 1 heterocycles. The number of carbonyl (C=O) groups is 1. The van der Waals surface area contributed by atoms with E-state index < -0.39 is 5.97 Å². The number of ether oxygens (including phenoxy) is 1. The van der Waals surface area contributed by atoms with Gasteiger partial charge in [0.15, 0.2) is 0 Å². The summed E-state index contributed by atoms with van der Waals surface area (Å²) in [5.74, 6) is 0.319. The van der Waals surface area contributed by atoms with Crippen LogP contribution in [0.25, 0.3) is 0 Å². The fourth-order valence-corrected chi connectivity index (χ4v) is 2.85.